The average Bonchev–Trinajstić information content (AvgIpc) is 3.24. The van der Waals surface area contributed by atoms with Gasteiger partial charge in [0.15, 0.2) is 4.77 Å². The zero-order chi connectivity index (χ0) is 24.4. The zero-order valence-corrected chi connectivity index (χ0v) is 21.2. The number of benzene rings is 2. The minimum absolute atomic E-state index is 0.0984. The van der Waals surface area contributed by atoms with Crippen LogP contribution in [0.3, 0.4) is 0 Å². The van der Waals surface area contributed by atoms with Crippen molar-refractivity contribution < 1.29 is 5.11 Å². The molecule has 0 unspecified atom stereocenters. The molecule has 0 aliphatic heterocycles. The molecule has 6 nitrogen and oxygen atoms in total. The Bertz CT molecular complexity index is 1410. The first-order valence-electron chi connectivity index (χ1n) is 11.1. The lowest BCUT2D eigenvalue weighted by atomic mass is 10.0. The van der Waals surface area contributed by atoms with Crippen LogP contribution in [0.5, 0.6) is 5.88 Å². The van der Waals surface area contributed by atoms with Crippen LogP contribution >= 0.6 is 23.6 Å². The zero-order valence-electron chi connectivity index (χ0n) is 19.6. The van der Waals surface area contributed by atoms with Crippen molar-refractivity contribution in [1.82, 2.24) is 14.1 Å². The lowest BCUT2D eigenvalue weighted by Crippen LogP contribution is -2.27. The number of aromatic nitrogens is 3. The van der Waals surface area contributed by atoms with Gasteiger partial charge >= 0.3 is 0 Å². The quantitative estimate of drug-likeness (QED) is 0.255. The second-order valence-electron chi connectivity index (χ2n) is 7.98. The summed E-state index contributed by atoms with van der Waals surface area (Å²) in [5.41, 5.74) is 4.96. The van der Waals surface area contributed by atoms with Crippen LogP contribution in [0.4, 0.5) is 5.13 Å². The van der Waals surface area contributed by atoms with Crippen LogP contribution in [0.15, 0.2) is 58.3 Å². The Labute approximate surface area is 207 Å². The molecule has 34 heavy (non-hydrogen) atoms. The summed E-state index contributed by atoms with van der Waals surface area (Å²) < 4.78 is 3.28. The molecular formula is C26H26N4O2S2. The number of rotatable bonds is 6. The molecule has 0 saturated carbocycles. The second-order valence-corrected chi connectivity index (χ2v) is 9.32. The van der Waals surface area contributed by atoms with Crippen molar-refractivity contribution in [1.29, 1.82) is 0 Å². The first-order valence-corrected chi connectivity index (χ1v) is 12.3. The third-order valence-corrected chi connectivity index (χ3v) is 7.08. The Hall–Kier alpha value is -3.36. The second kappa shape index (κ2) is 9.87. The predicted octanol–water partition coefficient (Wildman–Crippen LogP) is 6.28. The van der Waals surface area contributed by atoms with E-state index >= 15 is 0 Å². The van der Waals surface area contributed by atoms with Gasteiger partial charge in [0, 0.05) is 24.9 Å². The molecule has 0 radical (unpaired) electrons. The molecule has 4 rings (SSSR count). The van der Waals surface area contributed by atoms with Gasteiger partial charge in [0.05, 0.1) is 10.6 Å². The van der Waals surface area contributed by atoms with Gasteiger partial charge in [-0.3, -0.25) is 13.9 Å². The number of nitrogens with zero attached hydrogens (tertiary/aromatic N) is 4. The highest BCUT2D eigenvalue weighted by Crippen LogP contribution is 2.40. The summed E-state index contributed by atoms with van der Waals surface area (Å²) >= 11 is 6.81. The first kappa shape index (κ1) is 23.8. The van der Waals surface area contributed by atoms with Gasteiger partial charge in [-0.1, -0.05) is 71.0 Å². The number of aryl methyl sites for hydroxylation is 2. The van der Waals surface area contributed by atoms with Gasteiger partial charge in [-0.15, -0.1) is 0 Å². The Kier molecular flexibility index (Phi) is 6.90. The smallest absolute Gasteiger partial charge is 0.267 e. The fourth-order valence-electron chi connectivity index (χ4n) is 3.68. The van der Waals surface area contributed by atoms with Crippen molar-refractivity contribution in [3.63, 3.8) is 0 Å². The normalized spacial score (nSPS) is 11.4. The molecule has 2 heterocycles. The molecule has 0 spiro atoms. The molecule has 0 aliphatic rings. The number of hydrogen-bond donors (Lipinski definition) is 1. The fourth-order valence-corrected chi connectivity index (χ4v) is 5.04. The summed E-state index contributed by atoms with van der Waals surface area (Å²) in [6.07, 6.45) is 1.39. The standard InChI is InChI=1S/C26H26N4O2S2/c1-5-29-23(31)20(24(32)30(6-2)26(29)33)15-27-25-28-21(18-11-7-16(3)8-12-18)22(34-25)19-13-9-17(4)10-14-19/h7-15,31H,5-6H2,1-4H3/b27-15+. The SMILES string of the molecule is CCn1c(O)c(/C=N/c2nc(-c3ccc(C)cc3)c(-c3ccc(C)cc3)s2)c(=O)n(CC)c1=S. The maximum atomic E-state index is 12.9. The first-order chi connectivity index (χ1) is 16.3. The highest BCUT2D eigenvalue weighted by Gasteiger charge is 2.17. The van der Waals surface area contributed by atoms with Crippen LogP contribution in [0.1, 0.15) is 30.5 Å². The van der Waals surface area contributed by atoms with Crippen molar-refractivity contribution in [3.8, 4) is 27.6 Å². The molecular weight excluding hydrogens is 464 g/mol. The van der Waals surface area contributed by atoms with E-state index < -0.39 is 0 Å². The van der Waals surface area contributed by atoms with E-state index in [4.69, 9.17) is 17.2 Å². The van der Waals surface area contributed by atoms with Crippen molar-refractivity contribution in [3.05, 3.63) is 80.3 Å². The van der Waals surface area contributed by atoms with Crippen molar-refractivity contribution in [2.24, 2.45) is 4.99 Å². The Morgan fingerprint density at radius 1 is 0.971 bits per heavy atom. The van der Waals surface area contributed by atoms with Gasteiger partial charge in [0.1, 0.15) is 5.56 Å². The van der Waals surface area contributed by atoms with E-state index in [0.717, 1.165) is 21.7 Å². The highest BCUT2D eigenvalue weighted by molar-refractivity contribution is 7.71. The number of thiazole rings is 1. The summed E-state index contributed by atoms with van der Waals surface area (Å²) in [7, 11) is 0. The molecule has 2 aromatic carbocycles. The molecule has 4 aromatic rings. The topological polar surface area (TPSA) is 72.4 Å². The molecule has 0 saturated heterocycles. The number of hydrogen-bond acceptors (Lipinski definition) is 6. The maximum absolute atomic E-state index is 12.9. The molecule has 2 aromatic heterocycles. The third kappa shape index (κ3) is 4.51. The minimum Gasteiger partial charge on any atom is -0.494 e. The van der Waals surface area contributed by atoms with Gasteiger partial charge in [0.2, 0.25) is 11.0 Å². The van der Waals surface area contributed by atoms with Crippen LogP contribution in [-0.4, -0.2) is 25.4 Å². The van der Waals surface area contributed by atoms with Crippen molar-refractivity contribution >= 4 is 34.9 Å². The summed E-state index contributed by atoms with van der Waals surface area (Å²) in [6.45, 7) is 8.66. The molecule has 174 valence electrons. The molecule has 0 aliphatic carbocycles. The average molecular weight is 491 g/mol. The van der Waals surface area contributed by atoms with Crippen LogP contribution in [0, 0.1) is 18.6 Å². The van der Waals surface area contributed by atoms with E-state index in [1.165, 1.54) is 37.8 Å². The third-order valence-electron chi connectivity index (χ3n) is 5.63. The van der Waals surface area contributed by atoms with E-state index in [2.05, 4.69) is 48.3 Å². The van der Waals surface area contributed by atoms with Gasteiger partial charge in [0.25, 0.3) is 5.56 Å². The molecule has 0 amide bonds. The molecule has 0 bridgehead atoms. The van der Waals surface area contributed by atoms with E-state index in [1.807, 2.05) is 32.9 Å². The lowest BCUT2D eigenvalue weighted by Gasteiger charge is -2.13. The summed E-state index contributed by atoms with van der Waals surface area (Å²) in [6, 6.07) is 16.5. The Morgan fingerprint density at radius 2 is 1.53 bits per heavy atom. The fraction of sp³-hybridized carbons (Fsp3) is 0.231. The van der Waals surface area contributed by atoms with E-state index in [1.54, 1.807) is 0 Å². The van der Waals surface area contributed by atoms with Crippen LogP contribution in [0.25, 0.3) is 21.7 Å². The molecule has 0 fully saturated rings. The number of aliphatic imine (C=N–C) groups is 1. The largest absolute Gasteiger partial charge is 0.494 e. The highest BCUT2D eigenvalue weighted by atomic mass is 32.1. The van der Waals surface area contributed by atoms with E-state index in [9.17, 15) is 9.90 Å². The molecule has 0 atom stereocenters. The Morgan fingerprint density at radius 3 is 2.09 bits per heavy atom. The van der Waals surface area contributed by atoms with Gasteiger partial charge < -0.3 is 5.11 Å². The number of aromatic hydroxyl groups is 1. The minimum atomic E-state index is -0.368. The monoisotopic (exact) mass is 490 g/mol. The maximum Gasteiger partial charge on any atom is 0.267 e. The molecule has 1 N–H and O–H groups in total. The molecule has 8 heteroatoms. The van der Waals surface area contributed by atoms with Crippen LogP contribution in [0.2, 0.25) is 0 Å². The van der Waals surface area contributed by atoms with E-state index in [0.29, 0.717) is 23.0 Å². The summed E-state index contributed by atoms with van der Waals surface area (Å²) in [5, 5.41) is 11.2. The summed E-state index contributed by atoms with van der Waals surface area (Å²) in [4.78, 5) is 23.2. The van der Waals surface area contributed by atoms with Crippen molar-refractivity contribution in [2.45, 2.75) is 40.8 Å². The van der Waals surface area contributed by atoms with Gasteiger partial charge in [-0.25, -0.2) is 9.98 Å². The van der Waals surface area contributed by atoms with Crippen molar-refractivity contribution in [2.75, 3.05) is 0 Å². The summed E-state index contributed by atoms with van der Waals surface area (Å²) in [5.74, 6) is -0.181. The predicted molar refractivity (Wildman–Crippen MR) is 142 cm³/mol. The van der Waals surface area contributed by atoms with Crippen LogP contribution in [-0.2, 0) is 13.1 Å². The Balaban J connectivity index is 1.84. The van der Waals surface area contributed by atoms with Gasteiger partial charge in [-0.05, 0) is 45.5 Å². The van der Waals surface area contributed by atoms with Crippen LogP contribution < -0.4 is 5.56 Å². The van der Waals surface area contributed by atoms with E-state index in [-0.39, 0.29) is 17.0 Å². The lowest BCUT2D eigenvalue weighted by molar-refractivity contribution is 0.399. The van der Waals surface area contributed by atoms with Gasteiger partial charge in [-0.2, -0.15) is 0 Å².